The third-order valence-corrected chi connectivity index (χ3v) is 2.79. The normalized spacial score (nSPS) is 11.3. The van der Waals surface area contributed by atoms with Gasteiger partial charge in [-0.05, 0) is 30.5 Å². The fourth-order valence-corrected chi connectivity index (χ4v) is 1.84. The molecular weight excluding hydrogens is 234 g/mol. The molecule has 3 N–H and O–H groups in total. The van der Waals surface area contributed by atoms with Crippen LogP contribution in [0.5, 0.6) is 0 Å². The summed E-state index contributed by atoms with van der Waals surface area (Å²) in [5.41, 5.74) is 8.13. The highest BCUT2D eigenvalue weighted by Gasteiger charge is 1.94. The van der Waals surface area contributed by atoms with E-state index in [1.165, 1.54) is 5.56 Å². The van der Waals surface area contributed by atoms with Crippen LogP contribution in [-0.2, 0) is 6.42 Å². The number of aliphatic imine (C=N–C) groups is 1. The van der Waals surface area contributed by atoms with Gasteiger partial charge in [0, 0.05) is 12.2 Å². The van der Waals surface area contributed by atoms with E-state index < -0.39 is 0 Å². The Hall–Kier alpha value is -2.29. The van der Waals surface area contributed by atoms with E-state index in [0.29, 0.717) is 5.96 Å². The second-order valence-electron chi connectivity index (χ2n) is 4.35. The standard InChI is InChI=1S/C16H19N3/c17-16(19-15-11-5-2-6-12-15)18-13-7-10-14-8-3-1-4-9-14/h1-6,8-9,11-12H,7,10,13H2,(H3,17,18,19). The summed E-state index contributed by atoms with van der Waals surface area (Å²) in [7, 11) is 0. The molecule has 3 nitrogen and oxygen atoms in total. The molecule has 0 aromatic heterocycles. The average molecular weight is 253 g/mol. The molecule has 0 unspecified atom stereocenters. The number of benzene rings is 2. The topological polar surface area (TPSA) is 50.4 Å². The van der Waals surface area contributed by atoms with Crippen LogP contribution in [0.1, 0.15) is 12.0 Å². The number of hydrogen-bond donors (Lipinski definition) is 2. The van der Waals surface area contributed by atoms with E-state index in [4.69, 9.17) is 5.73 Å². The number of para-hydroxylation sites is 1. The molecule has 0 fully saturated rings. The van der Waals surface area contributed by atoms with Gasteiger partial charge in [-0.25, -0.2) is 0 Å². The molecule has 0 bridgehead atoms. The second kappa shape index (κ2) is 7.21. The second-order valence-corrected chi connectivity index (χ2v) is 4.35. The van der Waals surface area contributed by atoms with Gasteiger partial charge in [-0.15, -0.1) is 0 Å². The first-order valence-electron chi connectivity index (χ1n) is 6.50. The lowest BCUT2D eigenvalue weighted by Gasteiger charge is -2.05. The van der Waals surface area contributed by atoms with Gasteiger partial charge in [0.1, 0.15) is 0 Å². The lowest BCUT2D eigenvalue weighted by atomic mass is 10.1. The average Bonchev–Trinajstić information content (AvgIpc) is 2.46. The summed E-state index contributed by atoms with van der Waals surface area (Å²) in [6.07, 6.45) is 2.03. The summed E-state index contributed by atoms with van der Waals surface area (Å²) in [6.45, 7) is 0.737. The van der Waals surface area contributed by atoms with Crippen LogP contribution in [0, 0.1) is 0 Å². The molecule has 2 aromatic rings. The minimum atomic E-state index is 0.472. The summed E-state index contributed by atoms with van der Waals surface area (Å²) in [5.74, 6) is 0.472. The number of hydrogen-bond acceptors (Lipinski definition) is 1. The fourth-order valence-electron chi connectivity index (χ4n) is 1.84. The molecule has 3 heteroatoms. The van der Waals surface area contributed by atoms with Crippen LogP contribution < -0.4 is 11.1 Å². The van der Waals surface area contributed by atoms with Crippen molar-refractivity contribution in [2.75, 3.05) is 11.9 Å². The molecule has 0 aliphatic carbocycles. The Bertz CT molecular complexity index is 506. The maximum absolute atomic E-state index is 5.82. The molecule has 0 amide bonds. The molecule has 0 saturated carbocycles. The molecule has 98 valence electrons. The Kier molecular flexibility index (Phi) is 4.99. The number of nitrogens with one attached hydrogen (secondary N) is 1. The fraction of sp³-hybridized carbons (Fsp3) is 0.188. The summed E-state index contributed by atoms with van der Waals surface area (Å²) in [6, 6.07) is 20.2. The van der Waals surface area contributed by atoms with E-state index in [1.807, 2.05) is 36.4 Å². The maximum atomic E-state index is 5.82. The quantitative estimate of drug-likeness (QED) is 0.489. The molecule has 0 aliphatic heterocycles. The zero-order chi connectivity index (χ0) is 13.3. The molecule has 2 aromatic carbocycles. The summed E-state index contributed by atoms with van der Waals surface area (Å²) in [5, 5.41) is 3.07. The van der Waals surface area contributed by atoms with E-state index in [1.54, 1.807) is 0 Å². The van der Waals surface area contributed by atoms with E-state index in [9.17, 15) is 0 Å². The van der Waals surface area contributed by atoms with Crippen molar-refractivity contribution in [3.05, 3.63) is 66.2 Å². The monoisotopic (exact) mass is 253 g/mol. The third-order valence-electron chi connectivity index (χ3n) is 2.79. The van der Waals surface area contributed by atoms with Gasteiger partial charge in [-0.2, -0.15) is 0 Å². The number of guanidine groups is 1. The number of nitrogens with two attached hydrogens (primary N) is 1. The summed E-state index contributed by atoms with van der Waals surface area (Å²) < 4.78 is 0. The highest BCUT2D eigenvalue weighted by molar-refractivity contribution is 5.92. The van der Waals surface area contributed by atoms with Gasteiger partial charge in [0.15, 0.2) is 5.96 Å². The van der Waals surface area contributed by atoms with Crippen molar-refractivity contribution < 1.29 is 0 Å². The van der Waals surface area contributed by atoms with Gasteiger partial charge >= 0.3 is 0 Å². The van der Waals surface area contributed by atoms with Gasteiger partial charge in [0.2, 0.25) is 0 Å². The predicted octanol–water partition coefficient (Wildman–Crippen LogP) is 3.05. The van der Waals surface area contributed by atoms with Crippen molar-refractivity contribution in [2.45, 2.75) is 12.8 Å². The minimum absolute atomic E-state index is 0.472. The molecule has 0 atom stereocenters. The highest BCUT2D eigenvalue weighted by Crippen LogP contribution is 2.04. The Labute approximate surface area is 114 Å². The van der Waals surface area contributed by atoms with Gasteiger partial charge in [0.25, 0.3) is 0 Å². The Morgan fingerprint density at radius 3 is 2.26 bits per heavy atom. The number of nitrogens with zero attached hydrogens (tertiary/aromatic N) is 1. The lowest BCUT2D eigenvalue weighted by molar-refractivity contribution is 0.832. The molecule has 0 spiro atoms. The Morgan fingerprint density at radius 1 is 0.947 bits per heavy atom. The van der Waals surface area contributed by atoms with Crippen LogP contribution in [0.25, 0.3) is 0 Å². The zero-order valence-electron chi connectivity index (χ0n) is 10.9. The maximum Gasteiger partial charge on any atom is 0.193 e. The van der Waals surface area contributed by atoms with Crippen molar-refractivity contribution in [3.63, 3.8) is 0 Å². The van der Waals surface area contributed by atoms with E-state index in [0.717, 1.165) is 25.1 Å². The molecule has 0 radical (unpaired) electrons. The van der Waals surface area contributed by atoms with Crippen molar-refractivity contribution in [3.8, 4) is 0 Å². The number of anilines is 1. The van der Waals surface area contributed by atoms with Crippen LogP contribution in [0.2, 0.25) is 0 Å². The van der Waals surface area contributed by atoms with Crippen molar-refractivity contribution in [2.24, 2.45) is 10.7 Å². The molecule has 0 aliphatic rings. The molecular formula is C16H19N3. The smallest absolute Gasteiger partial charge is 0.193 e. The highest BCUT2D eigenvalue weighted by atomic mass is 15.1. The van der Waals surface area contributed by atoms with Gasteiger partial charge < -0.3 is 11.1 Å². The molecule has 2 rings (SSSR count). The first-order valence-corrected chi connectivity index (χ1v) is 6.50. The van der Waals surface area contributed by atoms with Crippen LogP contribution in [0.3, 0.4) is 0 Å². The molecule has 19 heavy (non-hydrogen) atoms. The Morgan fingerprint density at radius 2 is 1.58 bits per heavy atom. The predicted molar refractivity (Wildman–Crippen MR) is 81.3 cm³/mol. The zero-order valence-corrected chi connectivity index (χ0v) is 10.9. The molecule has 0 saturated heterocycles. The van der Waals surface area contributed by atoms with Crippen molar-refractivity contribution in [1.29, 1.82) is 0 Å². The van der Waals surface area contributed by atoms with E-state index >= 15 is 0 Å². The summed E-state index contributed by atoms with van der Waals surface area (Å²) in [4.78, 5) is 4.32. The van der Waals surface area contributed by atoms with Crippen LogP contribution in [-0.4, -0.2) is 12.5 Å². The first-order chi connectivity index (χ1) is 9.34. The van der Waals surface area contributed by atoms with Crippen LogP contribution in [0.4, 0.5) is 5.69 Å². The summed E-state index contributed by atoms with van der Waals surface area (Å²) >= 11 is 0. The van der Waals surface area contributed by atoms with Crippen molar-refractivity contribution >= 4 is 11.6 Å². The van der Waals surface area contributed by atoms with Crippen LogP contribution in [0.15, 0.2) is 65.7 Å². The van der Waals surface area contributed by atoms with Gasteiger partial charge in [0.05, 0.1) is 0 Å². The number of aryl methyl sites for hydroxylation is 1. The lowest BCUT2D eigenvalue weighted by Crippen LogP contribution is -2.22. The van der Waals surface area contributed by atoms with Crippen LogP contribution >= 0.6 is 0 Å². The minimum Gasteiger partial charge on any atom is -0.370 e. The van der Waals surface area contributed by atoms with Gasteiger partial charge in [-0.3, -0.25) is 4.99 Å². The van der Waals surface area contributed by atoms with Crippen molar-refractivity contribution in [1.82, 2.24) is 0 Å². The van der Waals surface area contributed by atoms with E-state index in [2.05, 4.69) is 34.6 Å². The SMILES string of the molecule is NC(=NCCCc1ccccc1)Nc1ccccc1. The van der Waals surface area contributed by atoms with Gasteiger partial charge in [-0.1, -0.05) is 48.5 Å². The first kappa shape index (κ1) is 13.1. The van der Waals surface area contributed by atoms with E-state index in [-0.39, 0.29) is 0 Å². The molecule has 0 heterocycles. The Balaban J connectivity index is 1.73. The number of rotatable bonds is 5. The third kappa shape index (κ3) is 4.84. The largest absolute Gasteiger partial charge is 0.370 e.